The number of rotatable bonds is 5. The van der Waals surface area contributed by atoms with Crippen molar-refractivity contribution in [1.82, 2.24) is 9.97 Å². The Hall–Kier alpha value is -3.70. The minimum absolute atomic E-state index is 0.185. The number of ketones is 1. The number of aromatic amines is 1. The Bertz CT molecular complexity index is 1270. The number of para-hydroxylation sites is 2. The van der Waals surface area contributed by atoms with Gasteiger partial charge in [0.05, 0.1) is 10.5 Å². The Kier molecular flexibility index (Phi) is 5.46. The first-order chi connectivity index (χ1) is 14.5. The molecule has 0 bridgehead atoms. The van der Waals surface area contributed by atoms with Gasteiger partial charge >= 0.3 is 0 Å². The van der Waals surface area contributed by atoms with Crippen molar-refractivity contribution < 1.29 is 9.59 Å². The molecule has 0 atom stereocenters. The van der Waals surface area contributed by atoms with Crippen molar-refractivity contribution in [1.29, 1.82) is 0 Å². The number of hydrogen-bond acceptors (Lipinski definition) is 3. The second kappa shape index (κ2) is 8.35. The second-order valence-corrected chi connectivity index (χ2v) is 7.22. The van der Waals surface area contributed by atoms with Crippen molar-refractivity contribution in [2.45, 2.75) is 6.92 Å². The van der Waals surface area contributed by atoms with Gasteiger partial charge in [-0.05, 0) is 54.5 Å². The number of carbonyl (C=O) groups is 2. The minimum Gasteiger partial charge on any atom is -0.335 e. The third-order valence-corrected chi connectivity index (χ3v) is 5.00. The fraction of sp³-hybridized carbons (Fsp3) is 0.0417. The predicted molar refractivity (Wildman–Crippen MR) is 120 cm³/mol. The number of benzene rings is 3. The summed E-state index contributed by atoms with van der Waals surface area (Å²) in [5.41, 5.74) is 4.39. The Morgan fingerprint density at radius 1 is 1.00 bits per heavy atom. The molecule has 0 fully saturated rings. The molecule has 1 heterocycles. The molecule has 0 spiro atoms. The molecule has 0 unspecified atom stereocenters. The molecule has 0 aliphatic rings. The zero-order valence-electron chi connectivity index (χ0n) is 16.1. The number of halogens is 1. The highest BCUT2D eigenvalue weighted by Gasteiger charge is 2.11. The largest absolute Gasteiger partial charge is 0.335 e. The van der Waals surface area contributed by atoms with Crippen molar-refractivity contribution in [3.05, 3.63) is 100 Å². The van der Waals surface area contributed by atoms with Crippen LogP contribution in [0.25, 0.3) is 17.1 Å². The van der Waals surface area contributed by atoms with E-state index in [1.165, 1.54) is 6.08 Å². The monoisotopic (exact) mass is 415 g/mol. The molecule has 148 valence electrons. The molecule has 0 aliphatic carbocycles. The maximum atomic E-state index is 12.4. The predicted octanol–water partition coefficient (Wildman–Crippen LogP) is 5.67. The number of aryl methyl sites for hydroxylation is 1. The maximum Gasteiger partial charge on any atom is 0.255 e. The summed E-state index contributed by atoms with van der Waals surface area (Å²) < 4.78 is 0. The van der Waals surface area contributed by atoms with Crippen molar-refractivity contribution >= 4 is 46.1 Å². The molecule has 5 nitrogen and oxygen atoms in total. The summed E-state index contributed by atoms with van der Waals surface area (Å²) in [6.45, 7) is 1.94. The SMILES string of the molecule is Cc1ccccc1NC(=O)c1ccc(C=CC(=O)c2nc3c(Cl)cccc3[nH]2)cc1. The minimum atomic E-state index is -0.261. The highest BCUT2D eigenvalue weighted by atomic mass is 35.5. The highest BCUT2D eigenvalue weighted by Crippen LogP contribution is 2.21. The van der Waals surface area contributed by atoms with E-state index in [1.807, 2.05) is 37.3 Å². The lowest BCUT2D eigenvalue weighted by Crippen LogP contribution is -2.12. The number of H-pyrrole nitrogens is 1. The zero-order chi connectivity index (χ0) is 21.1. The number of fused-ring (bicyclic) bond motifs is 1. The van der Waals surface area contributed by atoms with Crippen LogP contribution in [-0.2, 0) is 0 Å². The number of carbonyl (C=O) groups excluding carboxylic acids is 2. The molecule has 4 rings (SSSR count). The van der Waals surface area contributed by atoms with Crippen LogP contribution in [0.15, 0.2) is 72.8 Å². The van der Waals surface area contributed by atoms with Gasteiger partial charge in [-0.2, -0.15) is 0 Å². The van der Waals surface area contributed by atoms with Gasteiger partial charge < -0.3 is 10.3 Å². The average molecular weight is 416 g/mol. The van der Waals surface area contributed by atoms with Gasteiger partial charge in [0.25, 0.3) is 5.91 Å². The normalized spacial score (nSPS) is 11.1. The summed E-state index contributed by atoms with van der Waals surface area (Å²) in [7, 11) is 0. The van der Waals surface area contributed by atoms with E-state index in [-0.39, 0.29) is 17.5 Å². The molecule has 0 aliphatic heterocycles. The van der Waals surface area contributed by atoms with E-state index in [0.717, 1.165) is 16.8 Å². The number of anilines is 1. The van der Waals surface area contributed by atoms with Gasteiger partial charge in [-0.3, -0.25) is 9.59 Å². The molecular formula is C24H18ClN3O2. The van der Waals surface area contributed by atoms with Gasteiger partial charge in [0.15, 0.2) is 5.82 Å². The number of nitrogens with one attached hydrogen (secondary N) is 2. The average Bonchev–Trinajstić information content (AvgIpc) is 3.20. The topological polar surface area (TPSA) is 74.8 Å². The first kappa shape index (κ1) is 19.6. The number of imidazole rings is 1. The van der Waals surface area contributed by atoms with Crippen LogP contribution in [0.3, 0.4) is 0 Å². The van der Waals surface area contributed by atoms with Gasteiger partial charge in [-0.15, -0.1) is 0 Å². The van der Waals surface area contributed by atoms with Crippen LogP contribution in [0.4, 0.5) is 5.69 Å². The number of allylic oxidation sites excluding steroid dienone is 1. The Morgan fingerprint density at radius 2 is 1.77 bits per heavy atom. The third kappa shape index (κ3) is 4.16. The standard InChI is InChI=1S/C24H18ClN3O2/c1-15-5-2-3-7-19(15)27-24(30)17-12-9-16(10-13-17)11-14-21(29)23-26-20-8-4-6-18(25)22(20)28-23/h2-14H,1H3,(H,26,28)(H,27,30). The molecule has 6 heteroatoms. The van der Waals surface area contributed by atoms with Crippen molar-refractivity contribution in [2.75, 3.05) is 5.32 Å². The summed E-state index contributed by atoms with van der Waals surface area (Å²) in [5, 5.41) is 3.39. The second-order valence-electron chi connectivity index (χ2n) is 6.81. The van der Waals surface area contributed by atoms with Gasteiger partial charge in [0.1, 0.15) is 5.52 Å². The summed E-state index contributed by atoms with van der Waals surface area (Å²) in [6, 6.07) is 20.0. The van der Waals surface area contributed by atoms with E-state index in [1.54, 1.807) is 42.5 Å². The molecule has 3 aromatic carbocycles. The van der Waals surface area contributed by atoms with Gasteiger partial charge in [-0.25, -0.2) is 4.98 Å². The van der Waals surface area contributed by atoms with Crippen LogP contribution < -0.4 is 5.32 Å². The van der Waals surface area contributed by atoms with Crippen LogP contribution in [0, 0.1) is 6.92 Å². The van der Waals surface area contributed by atoms with E-state index < -0.39 is 0 Å². The van der Waals surface area contributed by atoms with E-state index in [4.69, 9.17) is 11.6 Å². The van der Waals surface area contributed by atoms with Crippen LogP contribution in [-0.4, -0.2) is 21.7 Å². The fourth-order valence-corrected chi connectivity index (χ4v) is 3.23. The summed E-state index contributed by atoms with van der Waals surface area (Å²) in [5.74, 6) is -0.220. The first-order valence-electron chi connectivity index (χ1n) is 9.35. The first-order valence-corrected chi connectivity index (χ1v) is 9.73. The quantitative estimate of drug-likeness (QED) is 0.325. The molecule has 0 saturated heterocycles. The smallest absolute Gasteiger partial charge is 0.255 e. The van der Waals surface area contributed by atoms with Gasteiger partial charge in [0, 0.05) is 11.3 Å². The number of hydrogen-bond donors (Lipinski definition) is 2. The van der Waals surface area contributed by atoms with E-state index in [0.29, 0.717) is 21.6 Å². The Morgan fingerprint density at radius 3 is 2.50 bits per heavy atom. The molecule has 1 amide bonds. The van der Waals surface area contributed by atoms with Gasteiger partial charge in [-0.1, -0.05) is 54.1 Å². The number of amides is 1. The molecule has 2 N–H and O–H groups in total. The van der Waals surface area contributed by atoms with Crippen LogP contribution in [0.2, 0.25) is 5.02 Å². The summed E-state index contributed by atoms with van der Waals surface area (Å²) >= 11 is 6.10. The molecule has 1 aromatic heterocycles. The van der Waals surface area contributed by atoms with E-state index in [2.05, 4.69) is 15.3 Å². The van der Waals surface area contributed by atoms with Gasteiger partial charge in [0.2, 0.25) is 5.78 Å². The fourth-order valence-electron chi connectivity index (χ4n) is 3.02. The Balaban J connectivity index is 1.45. The van der Waals surface area contributed by atoms with E-state index >= 15 is 0 Å². The van der Waals surface area contributed by atoms with Crippen LogP contribution in [0.5, 0.6) is 0 Å². The molecule has 30 heavy (non-hydrogen) atoms. The van der Waals surface area contributed by atoms with Crippen LogP contribution in [0.1, 0.15) is 32.1 Å². The van der Waals surface area contributed by atoms with Crippen molar-refractivity contribution in [2.24, 2.45) is 0 Å². The summed E-state index contributed by atoms with van der Waals surface area (Å²) in [6.07, 6.45) is 3.12. The molecule has 0 radical (unpaired) electrons. The number of nitrogens with zero attached hydrogens (tertiary/aromatic N) is 1. The number of aromatic nitrogens is 2. The third-order valence-electron chi connectivity index (χ3n) is 4.69. The molecular weight excluding hydrogens is 398 g/mol. The van der Waals surface area contributed by atoms with E-state index in [9.17, 15) is 9.59 Å². The highest BCUT2D eigenvalue weighted by molar-refractivity contribution is 6.35. The lowest BCUT2D eigenvalue weighted by Gasteiger charge is -2.08. The van der Waals surface area contributed by atoms with Crippen LogP contribution >= 0.6 is 11.6 Å². The lowest BCUT2D eigenvalue weighted by molar-refractivity contribution is 0.102. The summed E-state index contributed by atoms with van der Waals surface area (Å²) in [4.78, 5) is 32.1. The lowest BCUT2D eigenvalue weighted by atomic mass is 10.1. The Labute approximate surface area is 178 Å². The molecule has 0 saturated carbocycles. The van der Waals surface area contributed by atoms with Crippen molar-refractivity contribution in [3.63, 3.8) is 0 Å². The maximum absolute atomic E-state index is 12.4. The zero-order valence-corrected chi connectivity index (χ0v) is 16.9. The van der Waals surface area contributed by atoms with Crippen molar-refractivity contribution in [3.8, 4) is 0 Å². The molecule has 4 aromatic rings.